The van der Waals surface area contributed by atoms with Crippen molar-refractivity contribution in [2.24, 2.45) is 0 Å². The third-order valence-corrected chi connectivity index (χ3v) is 7.16. The molecule has 0 saturated heterocycles. The summed E-state index contributed by atoms with van der Waals surface area (Å²) in [6, 6.07) is 17.3. The smallest absolute Gasteiger partial charge is 0.339 e. The van der Waals surface area contributed by atoms with Gasteiger partial charge in [0.1, 0.15) is 12.3 Å². The molecule has 3 aromatic rings. The van der Waals surface area contributed by atoms with E-state index >= 15 is 0 Å². The number of para-hydroxylation sites is 2. The van der Waals surface area contributed by atoms with Crippen LogP contribution in [0.4, 0.5) is 11.4 Å². The van der Waals surface area contributed by atoms with Crippen LogP contribution in [0.15, 0.2) is 71.6 Å². The first-order chi connectivity index (χ1) is 17.2. The van der Waals surface area contributed by atoms with Crippen LogP contribution in [0.25, 0.3) is 0 Å². The van der Waals surface area contributed by atoms with E-state index in [9.17, 15) is 18.0 Å². The zero-order valence-electron chi connectivity index (χ0n) is 20.2. The van der Waals surface area contributed by atoms with Gasteiger partial charge in [-0.15, -0.1) is 0 Å². The fourth-order valence-electron chi connectivity index (χ4n) is 3.38. The fraction of sp³-hybridized carbons (Fsp3) is 0.231. The molecule has 190 valence electrons. The van der Waals surface area contributed by atoms with Gasteiger partial charge in [0.25, 0.3) is 10.0 Å². The van der Waals surface area contributed by atoms with Crippen LogP contribution < -0.4 is 14.4 Å². The number of carbonyl (C=O) groups excluding carboxylic acids is 2. The number of amides is 1. The number of hydrogen-bond donors (Lipinski definition) is 1. The van der Waals surface area contributed by atoms with Crippen LogP contribution >= 0.6 is 11.6 Å². The Labute approximate surface area is 215 Å². The third-order valence-electron chi connectivity index (χ3n) is 5.08. The summed E-state index contributed by atoms with van der Waals surface area (Å²) in [5, 5.41) is 2.74. The molecule has 0 saturated carbocycles. The Morgan fingerprint density at radius 2 is 1.67 bits per heavy atom. The number of benzene rings is 3. The lowest BCUT2D eigenvalue weighted by Crippen LogP contribution is -2.38. The van der Waals surface area contributed by atoms with Gasteiger partial charge in [-0.25, -0.2) is 13.2 Å². The number of esters is 1. The normalized spacial score (nSPS) is 11.0. The molecular weight excluding hydrogens is 504 g/mol. The fourth-order valence-corrected chi connectivity index (χ4v) is 5.07. The van der Waals surface area contributed by atoms with Crippen LogP contribution in [-0.4, -0.2) is 40.1 Å². The molecule has 0 spiro atoms. The summed E-state index contributed by atoms with van der Waals surface area (Å²) in [7, 11) is -4.13. The number of ether oxygens (including phenoxy) is 2. The van der Waals surface area contributed by atoms with E-state index in [4.69, 9.17) is 21.1 Å². The zero-order chi connectivity index (χ0) is 26.3. The van der Waals surface area contributed by atoms with Crippen molar-refractivity contribution in [2.75, 3.05) is 29.4 Å². The van der Waals surface area contributed by atoms with Gasteiger partial charge in [0.15, 0.2) is 0 Å². The topological polar surface area (TPSA) is 102 Å². The van der Waals surface area contributed by atoms with Crippen molar-refractivity contribution in [3.8, 4) is 5.75 Å². The van der Waals surface area contributed by atoms with Gasteiger partial charge >= 0.3 is 5.97 Å². The first-order valence-corrected chi connectivity index (χ1v) is 13.1. The molecule has 8 nitrogen and oxygen atoms in total. The van der Waals surface area contributed by atoms with Crippen molar-refractivity contribution >= 4 is 44.9 Å². The van der Waals surface area contributed by atoms with Crippen LogP contribution in [-0.2, 0) is 19.6 Å². The molecule has 3 aromatic carbocycles. The zero-order valence-corrected chi connectivity index (χ0v) is 21.7. The number of sulfonamides is 1. The second-order valence-corrected chi connectivity index (χ2v) is 9.96. The molecule has 0 aliphatic heterocycles. The summed E-state index contributed by atoms with van der Waals surface area (Å²) < 4.78 is 38.9. The summed E-state index contributed by atoms with van der Waals surface area (Å²) >= 11 is 6.19. The highest BCUT2D eigenvalue weighted by Crippen LogP contribution is 2.32. The maximum absolute atomic E-state index is 13.6. The number of halogens is 1. The van der Waals surface area contributed by atoms with Crippen LogP contribution in [0.2, 0.25) is 5.02 Å². The summed E-state index contributed by atoms with van der Waals surface area (Å²) in [4.78, 5) is 25.0. The second-order valence-electron chi connectivity index (χ2n) is 7.69. The molecule has 3 rings (SSSR count). The van der Waals surface area contributed by atoms with Gasteiger partial charge in [0, 0.05) is 5.69 Å². The quantitative estimate of drug-likeness (QED) is 0.368. The standard InChI is InChI=1S/C26H27ClN2O6S/c1-4-34-24-9-7-6-8-23(24)29(36(32,33)20-13-10-18(3)11-14-20)17-25(30)28-19-12-15-21(22(27)16-19)26(31)35-5-2/h6-16H,4-5,17H2,1-3H3,(H,28,30). The Bertz CT molecular complexity index is 1340. The second kappa shape index (κ2) is 11.9. The lowest BCUT2D eigenvalue weighted by atomic mass is 10.2. The molecule has 0 aromatic heterocycles. The maximum atomic E-state index is 13.6. The number of nitrogens with one attached hydrogen (secondary N) is 1. The Balaban J connectivity index is 1.93. The minimum Gasteiger partial charge on any atom is -0.492 e. The number of carbonyl (C=O) groups is 2. The molecule has 0 aliphatic rings. The first kappa shape index (κ1) is 27.0. The Hall–Kier alpha value is -3.56. The minimum atomic E-state index is -4.13. The van der Waals surface area contributed by atoms with Crippen molar-refractivity contribution in [3.63, 3.8) is 0 Å². The summed E-state index contributed by atoms with van der Waals surface area (Å²) in [5.74, 6) is -0.870. The van der Waals surface area contributed by atoms with E-state index in [1.165, 1.54) is 30.3 Å². The van der Waals surface area contributed by atoms with Gasteiger partial charge in [-0.1, -0.05) is 41.4 Å². The van der Waals surface area contributed by atoms with Crippen LogP contribution in [0.5, 0.6) is 5.75 Å². The van der Waals surface area contributed by atoms with Crippen molar-refractivity contribution < 1.29 is 27.5 Å². The van der Waals surface area contributed by atoms with Crippen molar-refractivity contribution in [1.29, 1.82) is 0 Å². The molecule has 1 N–H and O–H groups in total. The Kier molecular flexibility index (Phi) is 8.95. The molecule has 0 fully saturated rings. The monoisotopic (exact) mass is 530 g/mol. The summed E-state index contributed by atoms with van der Waals surface area (Å²) in [5.41, 5.74) is 1.58. The Morgan fingerprint density at radius 1 is 0.972 bits per heavy atom. The third kappa shape index (κ3) is 6.35. The largest absolute Gasteiger partial charge is 0.492 e. The highest BCUT2D eigenvalue weighted by Gasteiger charge is 2.29. The van der Waals surface area contributed by atoms with Gasteiger partial charge < -0.3 is 14.8 Å². The summed E-state index contributed by atoms with van der Waals surface area (Å²) in [6.45, 7) is 5.30. The molecule has 10 heteroatoms. The van der Waals surface area contributed by atoms with Gasteiger partial charge in [-0.05, 0) is 63.2 Å². The molecule has 0 heterocycles. The SMILES string of the molecule is CCOC(=O)c1ccc(NC(=O)CN(c2ccccc2OCC)S(=O)(=O)c2ccc(C)cc2)cc1Cl. The molecule has 0 radical (unpaired) electrons. The van der Waals surface area contributed by atoms with Gasteiger partial charge in [-0.2, -0.15) is 0 Å². The molecule has 0 atom stereocenters. The number of anilines is 2. The van der Waals surface area contributed by atoms with Crippen LogP contribution in [0, 0.1) is 6.92 Å². The summed E-state index contributed by atoms with van der Waals surface area (Å²) in [6.07, 6.45) is 0. The lowest BCUT2D eigenvalue weighted by molar-refractivity contribution is -0.114. The molecule has 0 unspecified atom stereocenters. The van der Waals surface area contributed by atoms with E-state index in [2.05, 4.69) is 5.32 Å². The number of hydrogen-bond acceptors (Lipinski definition) is 6. The predicted molar refractivity (Wildman–Crippen MR) is 139 cm³/mol. The van der Waals surface area contributed by atoms with E-state index in [1.807, 2.05) is 6.92 Å². The highest BCUT2D eigenvalue weighted by atomic mass is 35.5. The number of nitrogens with zero attached hydrogens (tertiary/aromatic N) is 1. The molecule has 36 heavy (non-hydrogen) atoms. The maximum Gasteiger partial charge on any atom is 0.339 e. The minimum absolute atomic E-state index is 0.0361. The van der Waals surface area contributed by atoms with Crippen LogP contribution in [0.1, 0.15) is 29.8 Å². The molecule has 1 amide bonds. The molecular formula is C26H27ClN2O6S. The highest BCUT2D eigenvalue weighted by molar-refractivity contribution is 7.92. The van der Waals surface area contributed by atoms with Crippen molar-refractivity contribution in [2.45, 2.75) is 25.7 Å². The van der Waals surface area contributed by atoms with E-state index in [-0.39, 0.29) is 27.8 Å². The van der Waals surface area contributed by atoms with E-state index in [1.54, 1.807) is 50.2 Å². The van der Waals surface area contributed by atoms with E-state index in [0.29, 0.717) is 18.0 Å². The number of rotatable bonds is 10. The van der Waals surface area contributed by atoms with Gasteiger partial charge in [0.05, 0.1) is 34.4 Å². The Morgan fingerprint density at radius 3 is 2.31 bits per heavy atom. The number of aryl methyl sites for hydroxylation is 1. The lowest BCUT2D eigenvalue weighted by Gasteiger charge is -2.26. The van der Waals surface area contributed by atoms with Gasteiger partial charge in [-0.3, -0.25) is 9.10 Å². The van der Waals surface area contributed by atoms with Crippen molar-refractivity contribution in [1.82, 2.24) is 0 Å². The molecule has 0 bridgehead atoms. The average molecular weight is 531 g/mol. The molecule has 0 aliphatic carbocycles. The van der Waals surface area contributed by atoms with Crippen molar-refractivity contribution in [3.05, 3.63) is 82.9 Å². The predicted octanol–water partition coefficient (Wildman–Crippen LogP) is 5.06. The van der Waals surface area contributed by atoms with Gasteiger partial charge in [0.2, 0.25) is 5.91 Å². The van der Waals surface area contributed by atoms with Crippen LogP contribution in [0.3, 0.4) is 0 Å². The van der Waals surface area contributed by atoms with E-state index in [0.717, 1.165) is 9.87 Å². The average Bonchev–Trinajstić information content (AvgIpc) is 2.83. The van der Waals surface area contributed by atoms with E-state index < -0.39 is 28.4 Å². The first-order valence-electron chi connectivity index (χ1n) is 11.2.